The molecule has 1 amide bonds. The van der Waals surface area contributed by atoms with Crippen molar-refractivity contribution < 1.29 is 14.4 Å². The Balaban J connectivity index is 1.35. The number of carbonyl (C=O) groups excluding carboxylic acids is 2. The topological polar surface area (TPSA) is 94.7 Å². The lowest BCUT2D eigenvalue weighted by Crippen LogP contribution is -2.57. The van der Waals surface area contributed by atoms with Crippen LogP contribution in [-0.4, -0.2) is 76.1 Å². The van der Waals surface area contributed by atoms with Gasteiger partial charge in [-0.1, -0.05) is 45.0 Å². The van der Waals surface area contributed by atoms with Gasteiger partial charge in [-0.3, -0.25) is 4.79 Å². The van der Waals surface area contributed by atoms with Crippen LogP contribution < -0.4 is 4.90 Å². The van der Waals surface area contributed by atoms with Crippen LogP contribution in [0.25, 0.3) is 11.0 Å². The van der Waals surface area contributed by atoms with Gasteiger partial charge in [-0.2, -0.15) is 0 Å². The van der Waals surface area contributed by atoms with Crippen molar-refractivity contribution in [2.75, 3.05) is 44.2 Å². The fourth-order valence-electron chi connectivity index (χ4n) is 5.66. The molecule has 2 aliphatic heterocycles. The van der Waals surface area contributed by atoms with Crippen molar-refractivity contribution in [3.8, 4) is 0 Å². The molecule has 0 radical (unpaired) electrons. The predicted octanol–water partition coefficient (Wildman–Crippen LogP) is 4.44. The molecule has 214 valence electrons. The number of amides is 1. The Morgan fingerprint density at radius 1 is 0.875 bits per heavy atom. The molecule has 40 heavy (non-hydrogen) atoms. The van der Waals surface area contributed by atoms with E-state index in [0.29, 0.717) is 52.1 Å². The van der Waals surface area contributed by atoms with Crippen LogP contribution in [-0.2, 0) is 25.3 Å². The predicted molar refractivity (Wildman–Crippen MR) is 156 cm³/mol. The third kappa shape index (κ3) is 5.44. The van der Waals surface area contributed by atoms with Crippen molar-refractivity contribution in [1.29, 1.82) is 0 Å². The normalized spacial score (nSPS) is 18.6. The first-order valence-electron chi connectivity index (χ1n) is 14.3. The molecule has 0 unspecified atom stereocenters. The number of piperidine rings is 1. The Labute approximate surface area is 236 Å². The van der Waals surface area contributed by atoms with Gasteiger partial charge in [0.15, 0.2) is 0 Å². The molecule has 0 bridgehead atoms. The van der Waals surface area contributed by atoms with Crippen molar-refractivity contribution in [3.05, 3.63) is 54.0 Å². The van der Waals surface area contributed by atoms with Crippen LogP contribution in [0.1, 0.15) is 65.5 Å². The van der Waals surface area contributed by atoms with Crippen LogP contribution in [0.4, 0.5) is 5.82 Å². The van der Waals surface area contributed by atoms with Crippen molar-refractivity contribution in [1.82, 2.24) is 24.9 Å². The Bertz CT molecular complexity index is 1350. The van der Waals surface area contributed by atoms with E-state index in [9.17, 15) is 9.59 Å². The van der Waals surface area contributed by atoms with Gasteiger partial charge in [0.25, 0.3) is 0 Å². The molecule has 2 saturated heterocycles. The number of aromatic nitrogens is 3. The molecule has 5 rings (SSSR count). The summed E-state index contributed by atoms with van der Waals surface area (Å²) >= 11 is 0. The number of benzene rings is 1. The number of carbonyl (C=O) groups is 2. The average Bonchev–Trinajstić information content (AvgIpc) is 3.42. The molecule has 0 spiro atoms. The standard InChI is InChI=1S/C31H42N6O3/c1-29(2,3)22-7-9-23(10-8-22)31(12-15-37(16-13-31)40-28(39)30(4,5)6)27(38)36-19-17-35(18-20-36)26-24-11-14-32-25(24)33-21-34-26/h7-11,14,21H,12-13,15-20H2,1-6H3,(H,32,33,34). The smallest absolute Gasteiger partial charge is 0.330 e. The summed E-state index contributed by atoms with van der Waals surface area (Å²) in [4.78, 5) is 48.9. The minimum Gasteiger partial charge on any atom is -0.367 e. The lowest BCUT2D eigenvalue weighted by Gasteiger charge is -2.45. The molecule has 0 atom stereocenters. The first-order chi connectivity index (χ1) is 18.9. The van der Waals surface area contributed by atoms with E-state index < -0.39 is 10.8 Å². The highest BCUT2D eigenvalue weighted by molar-refractivity contribution is 5.90. The Morgan fingerprint density at radius 3 is 2.12 bits per heavy atom. The summed E-state index contributed by atoms with van der Waals surface area (Å²) in [7, 11) is 0. The molecule has 1 aromatic carbocycles. The molecule has 0 saturated carbocycles. The number of nitrogens with one attached hydrogen (secondary N) is 1. The molecule has 0 aliphatic carbocycles. The molecular formula is C31H42N6O3. The van der Waals surface area contributed by atoms with Crippen LogP contribution in [0.5, 0.6) is 0 Å². The third-order valence-electron chi connectivity index (χ3n) is 8.31. The van der Waals surface area contributed by atoms with Crippen LogP contribution >= 0.6 is 0 Å². The van der Waals surface area contributed by atoms with Crippen LogP contribution in [0.2, 0.25) is 0 Å². The van der Waals surface area contributed by atoms with Gasteiger partial charge in [-0.15, -0.1) is 5.06 Å². The minimum absolute atomic E-state index is 0.0302. The Morgan fingerprint density at radius 2 is 1.52 bits per heavy atom. The number of aromatic amines is 1. The molecule has 2 fully saturated rings. The number of hydrogen-bond donors (Lipinski definition) is 1. The van der Waals surface area contributed by atoms with E-state index in [0.717, 1.165) is 22.4 Å². The molecule has 4 heterocycles. The van der Waals surface area contributed by atoms with Gasteiger partial charge in [0.2, 0.25) is 5.91 Å². The maximum Gasteiger partial charge on any atom is 0.330 e. The number of hydrogen-bond acceptors (Lipinski definition) is 7. The lowest BCUT2D eigenvalue weighted by molar-refractivity contribution is -0.207. The van der Waals surface area contributed by atoms with Gasteiger partial charge < -0.3 is 19.6 Å². The number of H-pyrrole nitrogens is 1. The van der Waals surface area contributed by atoms with E-state index in [1.165, 1.54) is 5.56 Å². The van der Waals surface area contributed by atoms with Crippen molar-refractivity contribution >= 4 is 28.7 Å². The summed E-state index contributed by atoms with van der Waals surface area (Å²) < 4.78 is 0. The lowest BCUT2D eigenvalue weighted by atomic mass is 9.71. The summed E-state index contributed by atoms with van der Waals surface area (Å²) in [5.74, 6) is 0.810. The molecule has 9 heteroatoms. The quantitative estimate of drug-likeness (QED) is 0.517. The molecular weight excluding hydrogens is 504 g/mol. The van der Waals surface area contributed by atoms with Crippen molar-refractivity contribution in [3.63, 3.8) is 0 Å². The van der Waals surface area contributed by atoms with Gasteiger partial charge in [-0.05, 0) is 56.2 Å². The number of fused-ring (bicyclic) bond motifs is 1. The maximum absolute atomic E-state index is 14.4. The number of hydroxylamine groups is 2. The second-order valence-corrected chi connectivity index (χ2v) is 13.2. The summed E-state index contributed by atoms with van der Waals surface area (Å²) in [6, 6.07) is 10.6. The van der Waals surface area contributed by atoms with E-state index in [1.54, 1.807) is 11.4 Å². The number of piperazine rings is 1. The van der Waals surface area contributed by atoms with Crippen LogP contribution in [0.15, 0.2) is 42.9 Å². The minimum atomic E-state index is -0.661. The highest BCUT2D eigenvalue weighted by Crippen LogP contribution is 2.39. The highest BCUT2D eigenvalue weighted by atomic mass is 16.7. The fourth-order valence-corrected chi connectivity index (χ4v) is 5.66. The zero-order valence-corrected chi connectivity index (χ0v) is 24.7. The SMILES string of the molecule is CC(C)(C)C(=O)ON1CCC(C(=O)N2CCN(c3ncnc4[nH]ccc34)CC2)(c2ccc(C(C)(C)C)cc2)CC1. The number of rotatable bonds is 4. The first-order valence-corrected chi connectivity index (χ1v) is 14.3. The Hall–Kier alpha value is -3.46. The van der Waals surface area contributed by atoms with Gasteiger partial charge in [0.05, 0.1) is 16.2 Å². The number of anilines is 1. The van der Waals surface area contributed by atoms with Crippen molar-refractivity contribution in [2.24, 2.45) is 5.41 Å². The van der Waals surface area contributed by atoms with Gasteiger partial charge in [0.1, 0.15) is 17.8 Å². The molecule has 2 aromatic heterocycles. The molecule has 1 N–H and O–H groups in total. The zero-order valence-electron chi connectivity index (χ0n) is 24.7. The van der Waals surface area contributed by atoms with E-state index in [4.69, 9.17) is 4.84 Å². The van der Waals surface area contributed by atoms with Crippen molar-refractivity contribution in [2.45, 2.75) is 65.2 Å². The van der Waals surface area contributed by atoms with Gasteiger partial charge in [0, 0.05) is 45.5 Å². The largest absolute Gasteiger partial charge is 0.367 e. The van der Waals surface area contributed by atoms with E-state index in [1.807, 2.05) is 37.9 Å². The first kappa shape index (κ1) is 28.1. The van der Waals surface area contributed by atoms with Gasteiger partial charge in [-0.25, -0.2) is 14.8 Å². The summed E-state index contributed by atoms with van der Waals surface area (Å²) in [5.41, 5.74) is 1.89. The van der Waals surface area contributed by atoms with E-state index in [2.05, 4.69) is 64.9 Å². The molecule has 2 aliphatic rings. The summed E-state index contributed by atoms with van der Waals surface area (Å²) in [6.45, 7) is 15.8. The van der Waals surface area contributed by atoms with E-state index >= 15 is 0 Å². The second kappa shape index (κ2) is 10.5. The maximum atomic E-state index is 14.4. The Kier molecular flexibility index (Phi) is 7.37. The third-order valence-corrected chi connectivity index (χ3v) is 8.31. The highest BCUT2D eigenvalue weighted by Gasteiger charge is 2.46. The van der Waals surface area contributed by atoms with Crippen LogP contribution in [0.3, 0.4) is 0 Å². The summed E-state index contributed by atoms with van der Waals surface area (Å²) in [5, 5.41) is 2.73. The van der Waals surface area contributed by atoms with Gasteiger partial charge >= 0.3 is 5.97 Å². The fraction of sp³-hybridized carbons (Fsp3) is 0.548. The van der Waals surface area contributed by atoms with E-state index in [-0.39, 0.29) is 17.3 Å². The molecule has 3 aromatic rings. The number of nitrogens with zero attached hydrogens (tertiary/aromatic N) is 5. The summed E-state index contributed by atoms with van der Waals surface area (Å²) in [6.07, 6.45) is 4.65. The zero-order chi connectivity index (χ0) is 28.7. The molecule has 9 nitrogen and oxygen atoms in total. The average molecular weight is 547 g/mol. The monoisotopic (exact) mass is 546 g/mol. The van der Waals surface area contributed by atoms with Crippen LogP contribution in [0, 0.1) is 5.41 Å². The second-order valence-electron chi connectivity index (χ2n) is 13.2.